The molecule has 9 heteroatoms. The molecule has 1 aliphatic heterocycles. The Kier molecular flexibility index (Phi) is 4.30. The average molecular weight is 389 g/mol. The number of aliphatic imine (C=N–C) groups is 1. The maximum Gasteiger partial charge on any atom is 0.417 e. The number of carbonyl (C=O) groups excluding carboxylic acids is 1. The number of fused-ring (bicyclic) bond motifs is 1. The molecule has 0 aliphatic carbocycles. The van der Waals surface area contributed by atoms with Gasteiger partial charge in [-0.15, -0.1) is 0 Å². The summed E-state index contributed by atoms with van der Waals surface area (Å²) in [5, 5.41) is 1.89. The van der Waals surface area contributed by atoms with Gasteiger partial charge in [-0.05, 0) is 30.5 Å². The number of hydrogen-bond donors (Lipinski definition) is 2. The smallest absolute Gasteiger partial charge is 0.340 e. The Bertz CT molecular complexity index is 883. The second-order valence-corrected chi connectivity index (χ2v) is 8.39. The van der Waals surface area contributed by atoms with Crippen molar-refractivity contribution in [2.45, 2.75) is 11.1 Å². The van der Waals surface area contributed by atoms with Gasteiger partial charge < -0.3 is 9.87 Å². The molecule has 0 saturated carbocycles. The van der Waals surface area contributed by atoms with Crippen molar-refractivity contribution in [1.82, 2.24) is 5.32 Å². The number of amides is 1. The zero-order valence-corrected chi connectivity index (χ0v) is 14.3. The van der Waals surface area contributed by atoms with E-state index < -0.39 is 33.0 Å². The second-order valence-electron chi connectivity index (χ2n) is 5.41. The van der Waals surface area contributed by atoms with E-state index >= 15 is 0 Å². The lowest BCUT2D eigenvalue weighted by atomic mass is 10.2. The highest BCUT2D eigenvalue weighted by atomic mass is 35.5. The Labute approximate surface area is 147 Å². The van der Waals surface area contributed by atoms with Gasteiger partial charge in [0.2, 0.25) is 0 Å². The quantitative estimate of drug-likeness (QED) is 0.717. The molecule has 0 fully saturated rings. The van der Waals surface area contributed by atoms with E-state index in [4.69, 9.17) is 11.6 Å². The first-order chi connectivity index (χ1) is 11.6. The van der Waals surface area contributed by atoms with Crippen LogP contribution < -0.4 is 5.32 Å². The van der Waals surface area contributed by atoms with Crippen LogP contribution in [0.5, 0.6) is 0 Å². The lowest BCUT2D eigenvalue weighted by Gasteiger charge is -2.27. The molecular weight excluding hydrogens is 377 g/mol. The first-order valence-corrected chi connectivity index (χ1v) is 9.35. The molecule has 0 radical (unpaired) electrons. The monoisotopic (exact) mass is 388 g/mol. The van der Waals surface area contributed by atoms with Crippen LogP contribution in [0.25, 0.3) is 0 Å². The fraction of sp³-hybridized carbons (Fsp3) is 0.125. The minimum Gasteiger partial charge on any atom is -0.340 e. The summed E-state index contributed by atoms with van der Waals surface area (Å²) in [6.07, 6.45) is -3.31. The van der Waals surface area contributed by atoms with Crippen LogP contribution in [0, 0.1) is 0 Å². The first kappa shape index (κ1) is 17.8. The Morgan fingerprint density at radius 1 is 1.24 bits per heavy atom. The highest BCUT2D eigenvalue weighted by Crippen LogP contribution is 2.60. The molecule has 0 spiro atoms. The fourth-order valence-electron chi connectivity index (χ4n) is 2.35. The fourth-order valence-corrected chi connectivity index (χ4v) is 4.25. The summed E-state index contributed by atoms with van der Waals surface area (Å²) in [4.78, 5) is 16.3. The van der Waals surface area contributed by atoms with Crippen molar-refractivity contribution < 1.29 is 22.5 Å². The molecule has 0 saturated heterocycles. The van der Waals surface area contributed by atoms with Gasteiger partial charge in [0, 0.05) is 10.5 Å². The van der Waals surface area contributed by atoms with Crippen molar-refractivity contribution >= 4 is 38.7 Å². The SMILES string of the molecule is CS1(O)C(NC(=O)c2ccccc2)=Nc2cc(Cl)c(C(F)(F)F)cc21. The van der Waals surface area contributed by atoms with E-state index in [0.717, 1.165) is 12.1 Å². The van der Waals surface area contributed by atoms with Gasteiger partial charge in [0.25, 0.3) is 5.91 Å². The van der Waals surface area contributed by atoms with Gasteiger partial charge in [0.15, 0.2) is 5.17 Å². The van der Waals surface area contributed by atoms with Crippen LogP contribution in [-0.4, -0.2) is 21.9 Å². The van der Waals surface area contributed by atoms with E-state index in [1.165, 1.54) is 6.26 Å². The summed E-state index contributed by atoms with van der Waals surface area (Å²) < 4.78 is 49.8. The predicted octanol–water partition coefficient (Wildman–Crippen LogP) is 5.06. The van der Waals surface area contributed by atoms with Crippen LogP contribution in [0.3, 0.4) is 0 Å². The zero-order chi connectivity index (χ0) is 18.4. The Hall–Kier alpha value is -2.03. The molecular formula is C16H12ClF3N2O2S. The summed E-state index contributed by atoms with van der Waals surface area (Å²) in [5.41, 5.74) is -0.599. The molecule has 3 rings (SSSR count). The number of alkyl halides is 3. The van der Waals surface area contributed by atoms with Gasteiger partial charge in [-0.2, -0.15) is 13.2 Å². The van der Waals surface area contributed by atoms with Crippen LogP contribution in [0.1, 0.15) is 15.9 Å². The van der Waals surface area contributed by atoms with E-state index in [9.17, 15) is 22.5 Å². The van der Waals surface area contributed by atoms with Gasteiger partial charge >= 0.3 is 6.18 Å². The molecule has 25 heavy (non-hydrogen) atoms. The zero-order valence-electron chi connectivity index (χ0n) is 12.8. The van der Waals surface area contributed by atoms with Gasteiger partial charge in [-0.3, -0.25) is 4.79 Å². The molecule has 0 bridgehead atoms. The van der Waals surface area contributed by atoms with Crippen LogP contribution in [0.4, 0.5) is 18.9 Å². The predicted molar refractivity (Wildman–Crippen MR) is 91.9 cm³/mol. The average Bonchev–Trinajstić information content (AvgIpc) is 2.76. The van der Waals surface area contributed by atoms with Gasteiger partial charge in [0.05, 0.1) is 16.3 Å². The molecule has 2 N–H and O–H groups in total. The minimum absolute atomic E-state index is 0.00702. The third-order valence-electron chi connectivity index (χ3n) is 3.64. The normalized spacial score (nSPS) is 21.9. The van der Waals surface area contributed by atoms with Gasteiger partial charge in [-0.25, -0.2) is 4.99 Å². The van der Waals surface area contributed by atoms with Gasteiger partial charge in [0.1, 0.15) is 0 Å². The molecule has 132 valence electrons. The van der Waals surface area contributed by atoms with Crippen LogP contribution in [-0.2, 0) is 6.18 Å². The standard InChI is InChI=1S/C16H12ClF3N2O2S/c1-25(24)13-7-10(16(18,19)20)11(17)8-12(13)21-15(25)22-14(23)9-5-3-2-4-6-9/h2-8,24H,1H3,(H,21,22,23). The third kappa shape index (κ3) is 3.24. The lowest BCUT2D eigenvalue weighted by molar-refractivity contribution is -0.137. The second kappa shape index (κ2) is 6.05. The molecule has 1 atom stereocenters. The van der Waals surface area contributed by atoms with Crippen LogP contribution in [0.2, 0.25) is 5.02 Å². The number of hydrogen-bond acceptors (Lipinski definition) is 3. The Morgan fingerprint density at radius 2 is 1.88 bits per heavy atom. The Morgan fingerprint density at radius 3 is 2.48 bits per heavy atom. The van der Waals surface area contributed by atoms with Crippen molar-refractivity contribution in [3.8, 4) is 0 Å². The van der Waals surface area contributed by atoms with E-state index in [1.807, 2.05) is 0 Å². The van der Waals surface area contributed by atoms with Crippen molar-refractivity contribution in [1.29, 1.82) is 0 Å². The number of amidine groups is 1. The maximum atomic E-state index is 13.0. The molecule has 1 aliphatic rings. The third-order valence-corrected chi connectivity index (χ3v) is 6.08. The summed E-state index contributed by atoms with van der Waals surface area (Å²) in [7, 11) is -2.89. The van der Waals surface area contributed by atoms with Crippen LogP contribution in [0.15, 0.2) is 52.4 Å². The largest absolute Gasteiger partial charge is 0.417 e. The topological polar surface area (TPSA) is 61.7 Å². The minimum atomic E-state index is -4.66. The Balaban J connectivity index is 1.96. The molecule has 4 nitrogen and oxygen atoms in total. The van der Waals surface area contributed by atoms with E-state index in [0.29, 0.717) is 5.56 Å². The lowest BCUT2D eigenvalue weighted by Crippen LogP contribution is -2.32. The summed E-state index contributed by atoms with van der Waals surface area (Å²) in [6.45, 7) is 0. The number of benzene rings is 2. The van der Waals surface area contributed by atoms with Crippen molar-refractivity contribution in [3.63, 3.8) is 0 Å². The first-order valence-electron chi connectivity index (χ1n) is 6.97. The molecule has 2 aromatic rings. The van der Waals surface area contributed by atoms with E-state index in [-0.39, 0.29) is 15.8 Å². The molecule has 1 unspecified atom stereocenters. The number of carbonyl (C=O) groups is 1. The summed E-state index contributed by atoms with van der Waals surface area (Å²) in [6, 6.07) is 10.0. The molecule has 2 aromatic carbocycles. The van der Waals surface area contributed by atoms with Crippen molar-refractivity contribution in [2.24, 2.45) is 4.99 Å². The number of nitrogens with zero attached hydrogens (tertiary/aromatic N) is 1. The van der Waals surface area contributed by atoms with E-state index in [2.05, 4.69) is 10.3 Å². The van der Waals surface area contributed by atoms with Crippen LogP contribution >= 0.6 is 21.9 Å². The van der Waals surface area contributed by atoms with Crippen molar-refractivity contribution in [3.05, 3.63) is 58.6 Å². The summed E-state index contributed by atoms with van der Waals surface area (Å²) in [5.74, 6) is -0.512. The molecule has 0 aromatic heterocycles. The van der Waals surface area contributed by atoms with Gasteiger partial charge in [-0.1, -0.05) is 40.1 Å². The maximum absolute atomic E-state index is 13.0. The molecule has 1 amide bonds. The number of rotatable bonds is 1. The number of halogens is 4. The molecule has 1 heterocycles. The highest BCUT2D eigenvalue weighted by Gasteiger charge is 2.40. The van der Waals surface area contributed by atoms with E-state index in [1.54, 1.807) is 30.3 Å². The highest BCUT2D eigenvalue weighted by molar-refractivity contribution is 8.41. The number of nitrogens with one attached hydrogen (secondary N) is 1. The summed E-state index contributed by atoms with van der Waals surface area (Å²) >= 11 is 5.69. The van der Waals surface area contributed by atoms with Crippen molar-refractivity contribution in [2.75, 3.05) is 6.26 Å².